The number of fused-ring (bicyclic) bond motifs is 1. The van der Waals surface area contributed by atoms with Gasteiger partial charge in [-0.2, -0.15) is 0 Å². The van der Waals surface area contributed by atoms with Gasteiger partial charge in [0, 0.05) is 0 Å². The fraction of sp³-hybridized carbons (Fsp3) is 0.0556. The summed E-state index contributed by atoms with van der Waals surface area (Å²) in [5.74, 6) is -0.785. The van der Waals surface area contributed by atoms with Crippen molar-refractivity contribution in [2.45, 2.75) is 10.9 Å². The number of hydrogen-bond acceptors (Lipinski definition) is 8. The lowest BCUT2D eigenvalue weighted by Gasteiger charge is -2.37. The molecular formula is C18H13ClN6O5S. The number of carbonyl (C=O) groups excluding carboxylic acids is 1. The van der Waals surface area contributed by atoms with Crippen molar-refractivity contribution >= 4 is 50.4 Å². The van der Waals surface area contributed by atoms with Crippen molar-refractivity contribution < 1.29 is 18.1 Å². The summed E-state index contributed by atoms with van der Waals surface area (Å²) >= 11 is 5.97. The fourth-order valence-corrected chi connectivity index (χ4v) is 4.05. The summed E-state index contributed by atoms with van der Waals surface area (Å²) in [6.45, 7) is 0. The van der Waals surface area contributed by atoms with Crippen molar-refractivity contribution in [3.8, 4) is 0 Å². The van der Waals surface area contributed by atoms with Crippen LogP contribution < -0.4 is 15.4 Å². The monoisotopic (exact) mass is 460 g/mol. The molecular weight excluding hydrogens is 448 g/mol. The van der Waals surface area contributed by atoms with E-state index in [1.807, 2.05) is 0 Å². The number of nitro groups is 1. The molecule has 0 bridgehead atoms. The van der Waals surface area contributed by atoms with E-state index in [2.05, 4.69) is 15.3 Å². The number of halogens is 1. The standard InChI is InChI=1S/C18H13ClN6O5S/c19-16-15(25(27)28)17(22-9-21-16)24-13-7-6-11(31(20,29)30)8-12(13)23-18(26)14(24)10-4-2-1-3-5-10/h1-9,14H,(H,23,26)(H2,20,29,30). The van der Waals surface area contributed by atoms with Crippen molar-refractivity contribution in [2.24, 2.45) is 5.14 Å². The van der Waals surface area contributed by atoms with Crippen molar-refractivity contribution in [1.29, 1.82) is 0 Å². The molecule has 1 unspecified atom stereocenters. The highest BCUT2D eigenvalue weighted by Crippen LogP contribution is 2.47. The number of benzene rings is 2. The van der Waals surface area contributed by atoms with Gasteiger partial charge in [-0.05, 0) is 23.8 Å². The van der Waals surface area contributed by atoms with E-state index in [1.165, 1.54) is 23.1 Å². The average Bonchev–Trinajstić information content (AvgIpc) is 2.71. The predicted octanol–water partition coefficient (Wildman–Crippen LogP) is 2.52. The Morgan fingerprint density at radius 3 is 2.52 bits per heavy atom. The molecule has 3 N–H and O–H groups in total. The quantitative estimate of drug-likeness (QED) is 0.341. The molecule has 13 heteroatoms. The zero-order valence-electron chi connectivity index (χ0n) is 15.5. The summed E-state index contributed by atoms with van der Waals surface area (Å²) < 4.78 is 23.5. The van der Waals surface area contributed by atoms with Gasteiger partial charge in [0.1, 0.15) is 12.4 Å². The second-order valence-electron chi connectivity index (χ2n) is 6.49. The van der Waals surface area contributed by atoms with Crippen LogP contribution in [0.4, 0.5) is 22.9 Å². The molecule has 11 nitrogen and oxygen atoms in total. The third-order valence-electron chi connectivity index (χ3n) is 4.60. The number of amides is 1. The second kappa shape index (κ2) is 7.58. The van der Waals surface area contributed by atoms with E-state index in [1.54, 1.807) is 30.3 Å². The van der Waals surface area contributed by atoms with Gasteiger partial charge in [0.25, 0.3) is 5.91 Å². The van der Waals surface area contributed by atoms with Gasteiger partial charge in [0.15, 0.2) is 0 Å². The maximum atomic E-state index is 13.1. The third-order valence-corrected chi connectivity index (χ3v) is 5.79. The number of anilines is 3. The molecule has 0 saturated carbocycles. The first-order valence-electron chi connectivity index (χ1n) is 8.65. The Kier molecular flexibility index (Phi) is 5.05. The topological polar surface area (TPSA) is 161 Å². The molecule has 158 valence electrons. The fourth-order valence-electron chi connectivity index (χ4n) is 3.31. The molecule has 1 aliphatic rings. The Labute approximate surface area is 180 Å². The number of nitrogens with two attached hydrogens (primary N) is 1. The first-order valence-corrected chi connectivity index (χ1v) is 10.6. The normalized spacial score (nSPS) is 15.9. The van der Waals surface area contributed by atoms with Crippen LogP contribution in [0.25, 0.3) is 0 Å². The smallest absolute Gasteiger partial charge is 0.322 e. The van der Waals surface area contributed by atoms with Crippen LogP contribution in [0.3, 0.4) is 0 Å². The van der Waals surface area contributed by atoms with Crippen molar-refractivity contribution in [1.82, 2.24) is 9.97 Å². The number of nitrogens with one attached hydrogen (secondary N) is 1. The van der Waals surface area contributed by atoms with Crippen LogP contribution in [0, 0.1) is 10.1 Å². The van der Waals surface area contributed by atoms with E-state index < -0.39 is 37.7 Å². The predicted molar refractivity (Wildman–Crippen MR) is 111 cm³/mol. The van der Waals surface area contributed by atoms with Crippen LogP contribution in [-0.4, -0.2) is 29.2 Å². The van der Waals surface area contributed by atoms with Crippen LogP contribution >= 0.6 is 11.6 Å². The molecule has 0 aliphatic carbocycles. The molecule has 1 atom stereocenters. The van der Waals surface area contributed by atoms with Crippen molar-refractivity contribution in [3.05, 3.63) is 75.7 Å². The maximum Gasteiger partial charge on any atom is 0.348 e. The Balaban J connectivity index is 2.02. The Bertz CT molecular complexity index is 1320. The van der Waals surface area contributed by atoms with Crippen molar-refractivity contribution in [3.63, 3.8) is 0 Å². The minimum atomic E-state index is -4.05. The molecule has 4 rings (SSSR count). The van der Waals surface area contributed by atoms with Gasteiger partial charge in [-0.1, -0.05) is 41.9 Å². The van der Waals surface area contributed by atoms with Gasteiger partial charge in [-0.25, -0.2) is 23.5 Å². The largest absolute Gasteiger partial charge is 0.348 e. The van der Waals surface area contributed by atoms with E-state index in [-0.39, 0.29) is 22.1 Å². The Morgan fingerprint density at radius 1 is 1.16 bits per heavy atom. The van der Waals surface area contributed by atoms with Gasteiger partial charge in [-0.15, -0.1) is 0 Å². The lowest BCUT2D eigenvalue weighted by Crippen LogP contribution is -2.39. The van der Waals surface area contributed by atoms with Gasteiger partial charge in [-0.3, -0.25) is 14.9 Å². The van der Waals surface area contributed by atoms with Gasteiger partial charge >= 0.3 is 5.69 Å². The van der Waals surface area contributed by atoms with E-state index in [0.29, 0.717) is 5.56 Å². The summed E-state index contributed by atoms with van der Waals surface area (Å²) in [7, 11) is -4.05. The molecule has 0 fully saturated rings. The molecule has 1 aliphatic heterocycles. The van der Waals surface area contributed by atoms with Crippen molar-refractivity contribution in [2.75, 3.05) is 10.2 Å². The van der Waals surface area contributed by atoms with Crippen LogP contribution in [0.1, 0.15) is 11.6 Å². The molecule has 31 heavy (non-hydrogen) atoms. The number of carbonyl (C=O) groups is 1. The van der Waals surface area contributed by atoms with Crippen LogP contribution in [0.15, 0.2) is 59.8 Å². The van der Waals surface area contributed by atoms with Crippen LogP contribution in [-0.2, 0) is 14.8 Å². The molecule has 3 aromatic rings. The summed E-state index contributed by atoms with van der Waals surface area (Å²) in [5.41, 5.74) is 0.276. The number of rotatable bonds is 4. The molecule has 1 aromatic heterocycles. The first-order chi connectivity index (χ1) is 14.7. The first kappa shape index (κ1) is 20.7. The molecule has 2 heterocycles. The minimum Gasteiger partial charge on any atom is -0.322 e. The highest BCUT2D eigenvalue weighted by Gasteiger charge is 2.40. The number of primary sulfonamides is 1. The zero-order valence-corrected chi connectivity index (χ0v) is 17.0. The van der Waals surface area contributed by atoms with Gasteiger partial charge < -0.3 is 10.2 Å². The van der Waals surface area contributed by atoms with E-state index in [0.717, 1.165) is 6.33 Å². The average molecular weight is 461 g/mol. The summed E-state index contributed by atoms with van der Waals surface area (Å²) in [6.07, 6.45) is 1.04. The maximum absolute atomic E-state index is 13.1. The van der Waals surface area contributed by atoms with Crippen LogP contribution in [0.5, 0.6) is 0 Å². The highest BCUT2D eigenvalue weighted by molar-refractivity contribution is 7.89. The SMILES string of the molecule is NS(=O)(=O)c1ccc2c(c1)NC(=O)C(c1ccccc1)N2c1ncnc(Cl)c1[N+](=O)[O-]. The molecule has 0 saturated heterocycles. The Morgan fingerprint density at radius 2 is 1.87 bits per heavy atom. The summed E-state index contributed by atoms with van der Waals surface area (Å²) in [4.78, 5) is 32.8. The number of nitrogens with zero attached hydrogens (tertiary/aromatic N) is 4. The minimum absolute atomic E-state index is 0.0905. The zero-order chi connectivity index (χ0) is 22.3. The molecule has 2 aromatic carbocycles. The van der Waals surface area contributed by atoms with Gasteiger partial charge in [0.05, 0.1) is 21.2 Å². The van der Waals surface area contributed by atoms with E-state index >= 15 is 0 Å². The third kappa shape index (κ3) is 3.67. The summed E-state index contributed by atoms with van der Waals surface area (Å²) in [6, 6.07) is 11.3. The molecule has 0 spiro atoms. The Hall–Kier alpha value is -3.61. The lowest BCUT2D eigenvalue weighted by molar-refractivity contribution is -0.384. The van der Waals surface area contributed by atoms with Gasteiger partial charge in [0.2, 0.25) is 21.0 Å². The number of hydrogen-bond donors (Lipinski definition) is 2. The number of sulfonamides is 1. The molecule has 0 radical (unpaired) electrons. The van der Waals surface area contributed by atoms with E-state index in [9.17, 15) is 23.3 Å². The highest BCUT2D eigenvalue weighted by atomic mass is 35.5. The summed E-state index contributed by atoms with van der Waals surface area (Å²) in [5, 5.41) is 19.1. The lowest BCUT2D eigenvalue weighted by atomic mass is 10.00. The van der Waals surface area contributed by atoms with Crippen LogP contribution in [0.2, 0.25) is 5.15 Å². The number of aromatic nitrogens is 2. The second-order valence-corrected chi connectivity index (χ2v) is 8.41. The van der Waals surface area contributed by atoms with E-state index in [4.69, 9.17) is 16.7 Å². The molecule has 1 amide bonds.